The van der Waals surface area contributed by atoms with Gasteiger partial charge < -0.3 is 14.7 Å². The van der Waals surface area contributed by atoms with Crippen LogP contribution in [0.4, 0.5) is 4.39 Å². The number of furan rings is 1. The van der Waals surface area contributed by atoms with Gasteiger partial charge in [0.1, 0.15) is 17.0 Å². The molecule has 1 amide bonds. The molecule has 0 bridgehead atoms. The molecule has 0 aliphatic rings. The van der Waals surface area contributed by atoms with Gasteiger partial charge in [-0.3, -0.25) is 9.59 Å². The molecule has 0 aliphatic carbocycles. The summed E-state index contributed by atoms with van der Waals surface area (Å²) in [5, 5.41) is 2.71. The highest BCUT2D eigenvalue weighted by Gasteiger charge is 2.21. The van der Waals surface area contributed by atoms with E-state index in [1.54, 1.807) is 25.1 Å². The number of carbonyl (C=O) groups is 1. The molecule has 0 atom stereocenters. The average Bonchev–Trinajstić information content (AvgIpc) is 3.14. The smallest absolute Gasteiger partial charge is 0.262 e. The summed E-state index contributed by atoms with van der Waals surface area (Å²) >= 11 is 0. The standard InChI is InChI=1S/C22H19FN4O5S/c1-13-18(19-21(29)25-12-26-22(19)32-13)20(28)24-10-15-5-3-7-17(9-15)33(30,31)27-11-14-4-2-6-16(23)8-14/h2-9,12,27H,10-11H2,1H3,(H,24,28)(H,25,26,29). The lowest BCUT2D eigenvalue weighted by Crippen LogP contribution is -2.25. The van der Waals surface area contributed by atoms with Crippen molar-refractivity contribution in [2.75, 3.05) is 0 Å². The minimum absolute atomic E-state index is 0.00348. The minimum Gasteiger partial charge on any atom is -0.442 e. The van der Waals surface area contributed by atoms with Crippen LogP contribution in [0.15, 0.2) is 69.0 Å². The van der Waals surface area contributed by atoms with Gasteiger partial charge in [0.05, 0.1) is 16.8 Å². The highest BCUT2D eigenvalue weighted by molar-refractivity contribution is 7.89. The number of hydrogen-bond donors (Lipinski definition) is 3. The summed E-state index contributed by atoms with van der Waals surface area (Å²) in [5.41, 5.74) is 0.627. The Kier molecular flexibility index (Phi) is 6.07. The third-order valence-corrected chi connectivity index (χ3v) is 6.31. The van der Waals surface area contributed by atoms with Crippen molar-refractivity contribution in [2.45, 2.75) is 24.9 Å². The Labute approximate surface area is 187 Å². The molecule has 2 aromatic heterocycles. The minimum atomic E-state index is -3.87. The fraction of sp³-hybridized carbons (Fsp3) is 0.136. The zero-order valence-electron chi connectivity index (χ0n) is 17.4. The number of aryl methyl sites for hydroxylation is 1. The van der Waals surface area contributed by atoms with Crippen LogP contribution in [0, 0.1) is 12.7 Å². The summed E-state index contributed by atoms with van der Waals surface area (Å²) in [7, 11) is -3.87. The number of aromatic amines is 1. The van der Waals surface area contributed by atoms with E-state index in [-0.39, 0.29) is 40.4 Å². The summed E-state index contributed by atoms with van der Waals surface area (Å²) in [6.07, 6.45) is 1.18. The van der Waals surface area contributed by atoms with Crippen LogP contribution in [-0.2, 0) is 23.1 Å². The number of fused-ring (bicyclic) bond motifs is 1. The molecule has 3 N–H and O–H groups in total. The number of amides is 1. The van der Waals surface area contributed by atoms with Gasteiger partial charge in [0.25, 0.3) is 11.5 Å². The first-order valence-electron chi connectivity index (χ1n) is 9.82. The SMILES string of the molecule is Cc1oc2nc[nH]c(=O)c2c1C(=O)NCc1cccc(S(=O)(=O)NCc2cccc(F)c2)c1. The number of hydrogen-bond acceptors (Lipinski definition) is 6. The maximum absolute atomic E-state index is 13.3. The lowest BCUT2D eigenvalue weighted by atomic mass is 10.1. The molecular weight excluding hydrogens is 451 g/mol. The molecule has 33 heavy (non-hydrogen) atoms. The number of H-pyrrole nitrogens is 1. The monoisotopic (exact) mass is 470 g/mol. The first-order valence-corrected chi connectivity index (χ1v) is 11.3. The summed E-state index contributed by atoms with van der Waals surface area (Å²) in [6.45, 7) is 1.49. The van der Waals surface area contributed by atoms with Crippen molar-refractivity contribution >= 4 is 27.0 Å². The van der Waals surface area contributed by atoms with E-state index in [4.69, 9.17) is 4.42 Å². The zero-order valence-corrected chi connectivity index (χ0v) is 18.2. The second-order valence-electron chi connectivity index (χ2n) is 7.23. The highest BCUT2D eigenvalue weighted by atomic mass is 32.2. The highest BCUT2D eigenvalue weighted by Crippen LogP contribution is 2.20. The van der Waals surface area contributed by atoms with Gasteiger partial charge in [-0.2, -0.15) is 0 Å². The molecule has 4 aromatic rings. The lowest BCUT2D eigenvalue weighted by Gasteiger charge is -2.10. The molecule has 0 unspecified atom stereocenters. The van der Waals surface area contributed by atoms with Crippen LogP contribution in [0.5, 0.6) is 0 Å². The second-order valence-corrected chi connectivity index (χ2v) is 9.00. The van der Waals surface area contributed by atoms with Crippen molar-refractivity contribution < 1.29 is 22.0 Å². The molecule has 2 heterocycles. The van der Waals surface area contributed by atoms with Gasteiger partial charge in [0.15, 0.2) is 0 Å². The number of aromatic nitrogens is 2. The van der Waals surface area contributed by atoms with Crippen LogP contribution in [0.2, 0.25) is 0 Å². The van der Waals surface area contributed by atoms with Gasteiger partial charge >= 0.3 is 0 Å². The Morgan fingerprint density at radius 2 is 1.85 bits per heavy atom. The van der Waals surface area contributed by atoms with Gasteiger partial charge in [-0.05, 0) is 42.3 Å². The molecule has 4 rings (SSSR count). The van der Waals surface area contributed by atoms with Crippen LogP contribution in [-0.4, -0.2) is 24.3 Å². The predicted octanol–water partition coefficient (Wildman–Crippen LogP) is 2.37. The Hall–Kier alpha value is -3.83. The van der Waals surface area contributed by atoms with Crippen LogP contribution >= 0.6 is 0 Å². The number of nitrogens with one attached hydrogen (secondary N) is 3. The third-order valence-electron chi connectivity index (χ3n) is 4.91. The van der Waals surface area contributed by atoms with Crippen LogP contribution in [0.25, 0.3) is 11.1 Å². The van der Waals surface area contributed by atoms with E-state index >= 15 is 0 Å². The molecule has 11 heteroatoms. The van der Waals surface area contributed by atoms with Crippen molar-refractivity contribution in [3.63, 3.8) is 0 Å². The molecule has 0 aliphatic heterocycles. The van der Waals surface area contributed by atoms with Crippen molar-refractivity contribution in [3.05, 3.63) is 93.5 Å². The van der Waals surface area contributed by atoms with Gasteiger partial charge in [0, 0.05) is 13.1 Å². The maximum atomic E-state index is 13.3. The van der Waals surface area contributed by atoms with Gasteiger partial charge in [0.2, 0.25) is 15.7 Å². The Balaban J connectivity index is 1.48. The summed E-state index contributed by atoms with van der Waals surface area (Å²) in [4.78, 5) is 31.1. The first kappa shape index (κ1) is 22.4. The number of carbonyl (C=O) groups excluding carboxylic acids is 1. The Morgan fingerprint density at radius 1 is 1.12 bits per heavy atom. The fourth-order valence-electron chi connectivity index (χ4n) is 3.33. The van der Waals surface area contributed by atoms with Crippen molar-refractivity contribution in [1.82, 2.24) is 20.0 Å². The molecule has 2 aromatic carbocycles. The number of nitrogens with zero attached hydrogens (tertiary/aromatic N) is 1. The van der Waals surface area contributed by atoms with Crippen molar-refractivity contribution in [1.29, 1.82) is 0 Å². The molecule has 0 spiro atoms. The molecule has 170 valence electrons. The summed E-state index contributed by atoms with van der Waals surface area (Å²) in [5.74, 6) is -0.769. The first-order chi connectivity index (χ1) is 15.7. The van der Waals surface area contributed by atoms with Gasteiger partial charge in [-0.15, -0.1) is 0 Å². The van der Waals surface area contributed by atoms with Crippen molar-refractivity contribution in [2.24, 2.45) is 0 Å². The van der Waals surface area contributed by atoms with E-state index in [1.165, 1.54) is 36.7 Å². The van der Waals surface area contributed by atoms with E-state index in [9.17, 15) is 22.4 Å². The summed E-state index contributed by atoms with van der Waals surface area (Å²) < 4.78 is 46.4. The molecule has 0 fully saturated rings. The molecule has 0 saturated heterocycles. The van der Waals surface area contributed by atoms with E-state index in [0.29, 0.717) is 11.1 Å². The summed E-state index contributed by atoms with van der Waals surface area (Å²) in [6, 6.07) is 11.7. The van der Waals surface area contributed by atoms with E-state index in [1.807, 2.05) is 0 Å². The largest absolute Gasteiger partial charge is 0.442 e. The number of halogens is 1. The fourth-order valence-corrected chi connectivity index (χ4v) is 4.42. The molecule has 9 nitrogen and oxygen atoms in total. The van der Waals surface area contributed by atoms with Gasteiger partial charge in [-0.1, -0.05) is 24.3 Å². The third kappa shape index (κ3) is 4.83. The second kappa shape index (κ2) is 8.96. The van der Waals surface area contributed by atoms with Gasteiger partial charge in [-0.25, -0.2) is 22.5 Å². The van der Waals surface area contributed by atoms with Crippen LogP contribution in [0.3, 0.4) is 0 Å². The molecule has 0 saturated carbocycles. The predicted molar refractivity (Wildman–Crippen MR) is 117 cm³/mol. The van der Waals surface area contributed by atoms with E-state index in [2.05, 4.69) is 20.0 Å². The van der Waals surface area contributed by atoms with E-state index < -0.39 is 27.3 Å². The molecular formula is C22H19FN4O5S. The normalized spacial score (nSPS) is 11.6. The number of sulfonamides is 1. The maximum Gasteiger partial charge on any atom is 0.262 e. The molecule has 0 radical (unpaired) electrons. The van der Waals surface area contributed by atoms with Crippen LogP contribution < -0.4 is 15.6 Å². The topological polar surface area (TPSA) is 134 Å². The van der Waals surface area contributed by atoms with E-state index in [0.717, 1.165) is 0 Å². The average molecular weight is 470 g/mol. The number of rotatable bonds is 7. The lowest BCUT2D eigenvalue weighted by molar-refractivity contribution is 0.0950. The Morgan fingerprint density at radius 3 is 2.61 bits per heavy atom. The number of benzene rings is 2. The Bertz CT molecular complexity index is 1510. The zero-order chi connectivity index (χ0) is 23.6. The quantitative estimate of drug-likeness (QED) is 0.380. The van der Waals surface area contributed by atoms with Crippen molar-refractivity contribution in [3.8, 4) is 0 Å². The van der Waals surface area contributed by atoms with Crippen LogP contribution in [0.1, 0.15) is 27.2 Å².